The van der Waals surface area contributed by atoms with Crippen LogP contribution >= 0.6 is 11.3 Å². The fourth-order valence-electron chi connectivity index (χ4n) is 3.73. The lowest BCUT2D eigenvalue weighted by atomic mass is 9.95. The molecule has 0 bridgehead atoms. The molecule has 5 rings (SSSR count). The number of hydrogen-bond donors (Lipinski definition) is 1. The Morgan fingerprint density at radius 3 is 2.89 bits per heavy atom. The Morgan fingerprint density at radius 1 is 1.21 bits per heavy atom. The quantitative estimate of drug-likeness (QED) is 0.561. The zero-order valence-corrected chi connectivity index (χ0v) is 16.3. The molecule has 9 heteroatoms. The van der Waals surface area contributed by atoms with Crippen LogP contribution in [0.4, 0.5) is 4.39 Å². The molecular formula is C19H19FN6OS. The van der Waals surface area contributed by atoms with Gasteiger partial charge in [0.05, 0.1) is 17.6 Å². The first-order valence-corrected chi connectivity index (χ1v) is 10.0. The normalized spacial score (nSPS) is 20.2. The van der Waals surface area contributed by atoms with Crippen molar-refractivity contribution < 1.29 is 4.39 Å². The third kappa shape index (κ3) is 2.82. The second-order valence-corrected chi connectivity index (χ2v) is 8.28. The van der Waals surface area contributed by atoms with Crippen LogP contribution in [0.2, 0.25) is 0 Å². The van der Waals surface area contributed by atoms with Gasteiger partial charge in [0.2, 0.25) is 0 Å². The number of aryl methyl sites for hydroxylation is 2. The zero-order chi connectivity index (χ0) is 19.4. The lowest BCUT2D eigenvalue weighted by molar-refractivity contribution is 0.233. The molecule has 0 amide bonds. The maximum atomic E-state index is 14.3. The number of imidazole rings is 1. The number of aromatic nitrogens is 5. The van der Waals surface area contributed by atoms with Gasteiger partial charge in [-0.1, -0.05) is 0 Å². The van der Waals surface area contributed by atoms with E-state index >= 15 is 0 Å². The third-order valence-corrected chi connectivity index (χ3v) is 6.27. The van der Waals surface area contributed by atoms with Crippen LogP contribution in [0, 0.1) is 13.8 Å². The number of nitrogens with one attached hydrogen (secondary N) is 1. The molecule has 0 spiro atoms. The van der Waals surface area contributed by atoms with Gasteiger partial charge >= 0.3 is 0 Å². The summed E-state index contributed by atoms with van der Waals surface area (Å²) in [6, 6.07) is 3.37. The summed E-state index contributed by atoms with van der Waals surface area (Å²) in [6.45, 7) is 5.00. The van der Waals surface area contributed by atoms with E-state index in [0.717, 1.165) is 28.3 Å². The van der Waals surface area contributed by atoms with Gasteiger partial charge in [-0.15, -0.1) is 11.3 Å². The SMILES string of the molecule is Cc1cn2nc(-c3cc(=O)n4cc([C@H]5CCNC[C@H]5F)sc4n3)cc(C)c2n1. The summed E-state index contributed by atoms with van der Waals surface area (Å²) in [4.78, 5) is 23.2. The molecule has 5 heterocycles. The topological polar surface area (TPSA) is 76.6 Å². The number of alkyl halides is 1. The number of halogens is 1. The first-order valence-electron chi connectivity index (χ1n) is 9.21. The largest absolute Gasteiger partial charge is 0.314 e. The predicted molar refractivity (Wildman–Crippen MR) is 106 cm³/mol. The second kappa shape index (κ2) is 6.46. The average molecular weight is 398 g/mol. The number of piperidine rings is 1. The first kappa shape index (κ1) is 17.4. The van der Waals surface area contributed by atoms with Gasteiger partial charge in [0.25, 0.3) is 5.56 Å². The van der Waals surface area contributed by atoms with Crippen molar-refractivity contribution >= 4 is 21.9 Å². The number of fused-ring (bicyclic) bond motifs is 2. The highest BCUT2D eigenvalue weighted by Crippen LogP contribution is 2.32. The van der Waals surface area contributed by atoms with Gasteiger partial charge in [-0.05, 0) is 38.4 Å². The van der Waals surface area contributed by atoms with Crippen LogP contribution in [0.15, 0.2) is 29.3 Å². The van der Waals surface area contributed by atoms with Crippen LogP contribution in [0.1, 0.15) is 28.5 Å². The van der Waals surface area contributed by atoms with Gasteiger partial charge in [0.1, 0.15) is 11.9 Å². The standard InChI is InChI=1S/C19H19FN6OS/c1-10-5-15(24-26-8-11(2)22-18(10)26)14-6-17(27)25-9-16(28-19(25)23-14)12-3-4-21-7-13(12)20/h5-6,8-9,12-13,21H,3-4,7H2,1-2H3/t12-,13+/m0/s1. The van der Waals surface area contributed by atoms with Gasteiger partial charge in [0, 0.05) is 29.6 Å². The van der Waals surface area contributed by atoms with Crippen LogP contribution < -0.4 is 10.9 Å². The van der Waals surface area contributed by atoms with Crippen molar-refractivity contribution in [1.29, 1.82) is 0 Å². The monoisotopic (exact) mass is 398 g/mol. The summed E-state index contributed by atoms with van der Waals surface area (Å²) in [7, 11) is 0. The van der Waals surface area contributed by atoms with Crippen LogP contribution in [0.25, 0.3) is 22.0 Å². The molecule has 1 saturated heterocycles. The smallest absolute Gasteiger partial charge is 0.259 e. The number of hydrogen-bond acceptors (Lipinski definition) is 6. The van der Waals surface area contributed by atoms with E-state index in [2.05, 4.69) is 20.4 Å². The van der Waals surface area contributed by atoms with Gasteiger partial charge in [0.15, 0.2) is 10.6 Å². The fraction of sp³-hybridized carbons (Fsp3) is 0.368. The van der Waals surface area contributed by atoms with E-state index in [0.29, 0.717) is 29.3 Å². The molecule has 0 radical (unpaired) electrons. The van der Waals surface area contributed by atoms with Gasteiger partial charge in [-0.25, -0.2) is 18.9 Å². The van der Waals surface area contributed by atoms with Crippen molar-refractivity contribution in [1.82, 2.24) is 29.3 Å². The van der Waals surface area contributed by atoms with Crippen molar-refractivity contribution in [2.75, 3.05) is 13.1 Å². The summed E-state index contributed by atoms with van der Waals surface area (Å²) in [5, 5.41) is 7.62. The van der Waals surface area contributed by atoms with Crippen molar-refractivity contribution in [2.24, 2.45) is 0 Å². The summed E-state index contributed by atoms with van der Waals surface area (Å²) in [5.41, 5.74) is 3.56. The summed E-state index contributed by atoms with van der Waals surface area (Å²) in [6.07, 6.45) is 3.35. The Morgan fingerprint density at radius 2 is 2.07 bits per heavy atom. The molecule has 28 heavy (non-hydrogen) atoms. The molecule has 0 aromatic carbocycles. The minimum absolute atomic E-state index is 0.187. The minimum Gasteiger partial charge on any atom is -0.314 e. The Hall–Kier alpha value is -2.65. The van der Waals surface area contributed by atoms with Crippen LogP contribution in [0.5, 0.6) is 0 Å². The lowest BCUT2D eigenvalue weighted by Crippen LogP contribution is -2.36. The Kier molecular flexibility index (Phi) is 4.02. The highest BCUT2D eigenvalue weighted by atomic mass is 32.1. The van der Waals surface area contributed by atoms with Crippen LogP contribution in [0.3, 0.4) is 0 Å². The molecular weight excluding hydrogens is 379 g/mol. The molecule has 7 nitrogen and oxygen atoms in total. The molecule has 1 aliphatic rings. The molecule has 4 aromatic heterocycles. The maximum absolute atomic E-state index is 14.3. The third-order valence-electron chi connectivity index (χ3n) is 5.15. The predicted octanol–water partition coefficient (Wildman–Crippen LogP) is 2.50. The summed E-state index contributed by atoms with van der Waals surface area (Å²) in [5.74, 6) is -0.193. The Labute approximate surface area is 163 Å². The molecule has 1 aliphatic heterocycles. The maximum Gasteiger partial charge on any atom is 0.259 e. The van der Waals surface area contributed by atoms with E-state index in [1.165, 1.54) is 21.8 Å². The summed E-state index contributed by atoms with van der Waals surface area (Å²) >= 11 is 1.38. The van der Waals surface area contributed by atoms with E-state index in [4.69, 9.17) is 0 Å². The highest BCUT2D eigenvalue weighted by molar-refractivity contribution is 7.17. The Bertz CT molecular complexity index is 1260. The van der Waals surface area contributed by atoms with Gasteiger partial charge in [-0.3, -0.25) is 9.20 Å². The van der Waals surface area contributed by atoms with Gasteiger partial charge in [-0.2, -0.15) is 5.10 Å². The Balaban J connectivity index is 1.62. The number of nitrogens with zero attached hydrogens (tertiary/aromatic N) is 5. The lowest BCUT2D eigenvalue weighted by Gasteiger charge is -2.25. The molecule has 4 aromatic rings. The van der Waals surface area contributed by atoms with Crippen molar-refractivity contribution in [2.45, 2.75) is 32.4 Å². The van der Waals surface area contributed by atoms with E-state index in [9.17, 15) is 9.18 Å². The zero-order valence-electron chi connectivity index (χ0n) is 15.5. The van der Waals surface area contributed by atoms with Crippen LogP contribution in [-0.4, -0.2) is 43.2 Å². The molecule has 0 unspecified atom stereocenters. The highest BCUT2D eigenvalue weighted by Gasteiger charge is 2.28. The first-order chi connectivity index (χ1) is 13.5. The van der Waals surface area contributed by atoms with Gasteiger partial charge < -0.3 is 5.32 Å². The van der Waals surface area contributed by atoms with E-state index in [1.54, 1.807) is 10.7 Å². The fourth-order valence-corrected chi connectivity index (χ4v) is 4.90. The van der Waals surface area contributed by atoms with Crippen molar-refractivity contribution in [3.05, 3.63) is 51.0 Å². The number of thiazole rings is 1. The van der Waals surface area contributed by atoms with E-state index in [-0.39, 0.29) is 11.5 Å². The molecule has 1 N–H and O–H groups in total. The van der Waals surface area contributed by atoms with E-state index < -0.39 is 6.17 Å². The molecule has 0 aliphatic carbocycles. The number of rotatable bonds is 2. The van der Waals surface area contributed by atoms with Crippen molar-refractivity contribution in [3.63, 3.8) is 0 Å². The molecule has 0 saturated carbocycles. The molecule has 2 atom stereocenters. The molecule has 144 valence electrons. The van der Waals surface area contributed by atoms with E-state index in [1.807, 2.05) is 26.1 Å². The summed E-state index contributed by atoms with van der Waals surface area (Å²) < 4.78 is 17.5. The average Bonchev–Trinajstić information content (AvgIpc) is 3.25. The van der Waals surface area contributed by atoms with Crippen molar-refractivity contribution in [3.8, 4) is 11.4 Å². The minimum atomic E-state index is -0.951. The second-order valence-electron chi connectivity index (χ2n) is 7.24. The molecule has 1 fully saturated rings. The van der Waals surface area contributed by atoms with Crippen LogP contribution in [-0.2, 0) is 0 Å².